The molecular formula is C27H50O7S. The second kappa shape index (κ2) is 23.0. The Hall–Kier alpha value is -1.41. The van der Waals surface area contributed by atoms with Gasteiger partial charge in [-0.15, -0.1) is 0 Å². The zero-order valence-corrected chi connectivity index (χ0v) is 23.0. The Morgan fingerprint density at radius 1 is 0.743 bits per heavy atom. The van der Waals surface area contributed by atoms with Crippen LogP contribution in [0.3, 0.4) is 0 Å². The summed E-state index contributed by atoms with van der Waals surface area (Å²) in [4.78, 5) is 23.7. The molecule has 0 spiro atoms. The van der Waals surface area contributed by atoms with Crippen LogP contribution in [0.5, 0.6) is 0 Å². The van der Waals surface area contributed by atoms with Gasteiger partial charge in [0.05, 0.1) is 13.0 Å². The first-order valence-electron chi connectivity index (χ1n) is 13.7. The lowest BCUT2D eigenvalue weighted by Crippen LogP contribution is -2.34. The van der Waals surface area contributed by atoms with E-state index >= 15 is 0 Å². The van der Waals surface area contributed by atoms with E-state index in [1.807, 2.05) is 0 Å². The first-order chi connectivity index (χ1) is 16.8. The van der Waals surface area contributed by atoms with E-state index in [1.54, 1.807) is 19.1 Å². The van der Waals surface area contributed by atoms with E-state index in [4.69, 9.17) is 9.47 Å². The highest BCUT2D eigenvalue weighted by Crippen LogP contribution is 2.14. The minimum atomic E-state index is -4.76. The summed E-state index contributed by atoms with van der Waals surface area (Å²) in [5, 5.41) is -1.95. The molecule has 0 heterocycles. The molecule has 0 aromatic carbocycles. The van der Waals surface area contributed by atoms with Crippen molar-refractivity contribution in [3.63, 3.8) is 0 Å². The molecule has 0 amide bonds. The van der Waals surface area contributed by atoms with Crippen molar-refractivity contribution >= 4 is 22.1 Å². The predicted molar refractivity (Wildman–Crippen MR) is 141 cm³/mol. The molecule has 8 heteroatoms. The van der Waals surface area contributed by atoms with Crippen molar-refractivity contribution < 1.29 is 32.0 Å². The van der Waals surface area contributed by atoms with Gasteiger partial charge in [-0.05, 0) is 13.3 Å². The highest BCUT2D eigenvalue weighted by molar-refractivity contribution is 7.87. The molecule has 0 saturated carbocycles. The fourth-order valence-corrected chi connectivity index (χ4v) is 4.51. The molecule has 0 bridgehead atoms. The highest BCUT2D eigenvalue weighted by Gasteiger charge is 2.35. The zero-order valence-electron chi connectivity index (χ0n) is 22.2. The molecular weight excluding hydrogens is 468 g/mol. The molecule has 7 nitrogen and oxygen atoms in total. The van der Waals surface area contributed by atoms with E-state index in [-0.39, 0.29) is 13.2 Å². The van der Waals surface area contributed by atoms with Gasteiger partial charge in [-0.1, -0.05) is 122 Å². The first-order valence-corrected chi connectivity index (χ1v) is 15.2. The molecule has 0 aliphatic rings. The summed E-state index contributed by atoms with van der Waals surface area (Å²) >= 11 is 0. The summed E-state index contributed by atoms with van der Waals surface area (Å²) in [6.45, 7) is 4.04. The maximum absolute atomic E-state index is 12.0. The number of carbonyl (C=O) groups excluding carboxylic acids is 2. The third-order valence-electron chi connectivity index (χ3n) is 6.04. The third-order valence-corrected chi connectivity index (χ3v) is 7.12. The summed E-state index contributed by atoms with van der Waals surface area (Å²) < 4.78 is 42.0. The molecule has 0 rings (SSSR count). The summed E-state index contributed by atoms with van der Waals surface area (Å²) in [6, 6.07) is 0. The van der Waals surface area contributed by atoms with Crippen LogP contribution in [-0.2, 0) is 29.2 Å². The molecule has 35 heavy (non-hydrogen) atoms. The minimum absolute atomic E-state index is 0.0260. The van der Waals surface area contributed by atoms with Crippen LogP contribution in [0.2, 0.25) is 0 Å². The quantitative estimate of drug-likeness (QED) is 0.0637. The van der Waals surface area contributed by atoms with Gasteiger partial charge < -0.3 is 9.47 Å². The lowest BCUT2D eigenvalue weighted by molar-refractivity contribution is -0.149. The van der Waals surface area contributed by atoms with Crippen LogP contribution in [0.4, 0.5) is 0 Å². The number of ether oxygens (including phenoxy) is 2. The molecule has 0 aliphatic heterocycles. The third kappa shape index (κ3) is 21.6. The van der Waals surface area contributed by atoms with Crippen molar-refractivity contribution in [2.24, 2.45) is 0 Å². The zero-order chi connectivity index (χ0) is 26.2. The molecule has 206 valence electrons. The van der Waals surface area contributed by atoms with Crippen LogP contribution in [-0.4, -0.2) is 43.4 Å². The fourth-order valence-electron chi connectivity index (χ4n) is 3.85. The van der Waals surface area contributed by atoms with Crippen molar-refractivity contribution in [1.29, 1.82) is 0 Å². The van der Waals surface area contributed by atoms with E-state index in [0.717, 1.165) is 19.3 Å². The molecule has 1 atom stereocenters. The van der Waals surface area contributed by atoms with Gasteiger partial charge in [0, 0.05) is 0 Å². The smallest absolute Gasteiger partial charge is 0.327 e. The number of allylic oxidation sites excluding steroid dienone is 1. The molecule has 0 aromatic heterocycles. The van der Waals surface area contributed by atoms with Gasteiger partial charge in [-0.2, -0.15) is 8.42 Å². The normalized spacial score (nSPS) is 12.7. The number of rotatable bonds is 24. The van der Waals surface area contributed by atoms with Gasteiger partial charge in [0.25, 0.3) is 10.1 Å². The Kier molecular flexibility index (Phi) is 22.1. The number of esters is 2. The van der Waals surface area contributed by atoms with Crippen molar-refractivity contribution in [1.82, 2.24) is 0 Å². The van der Waals surface area contributed by atoms with Crippen molar-refractivity contribution in [2.45, 2.75) is 135 Å². The number of carbonyl (C=O) groups is 2. The molecule has 1 N–H and O–H groups in total. The largest absolute Gasteiger partial charge is 0.465 e. The average Bonchev–Trinajstić information content (AvgIpc) is 2.81. The van der Waals surface area contributed by atoms with Gasteiger partial charge in [0.15, 0.2) is 5.25 Å². The number of unbranched alkanes of at least 4 members (excludes halogenated alkanes) is 16. The van der Waals surface area contributed by atoms with Gasteiger partial charge in [-0.3, -0.25) is 14.1 Å². The minimum Gasteiger partial charge on any atom is -0.465 e. The molecule has 1 unspecified atom stereocenters. The molecule has 0 fully saturated rings. The van der Waals surface area contributed by atoms with Crippen LogP contribution >= 0.6 is 0 Å². The fraction of sp³-hybridized carbons (Fsp3) is 0.852. The molecule has 0 saturated heterocycles. The van der Waals surface area contributed by atoms with Gasteiger partial charge in [-0.25, -0.2) is 0 Å². The Labute approximate surface area is 214 Å². The monoisotopic (exact) mass is 518 g/mol. The van der Waals surface area contributed by atoms with Crippen LogP contribution in [0, 0.1) is 0 Å². The number of hydrogen-bond acceptors (Lipinski definition) is 6. The lowest BCUT2D eigenvalue weighted by Gasteiger charge is -2.13. The van der Waals surface area contributed by atoms with Crippen LogP contribution < -0.4 is 0 Å². The van der Waals surface area contributed by atoms with Crippen molar-refractivity contribution in [3.05, 3.63) is 12.2 Å². The van der Waals surface area contributed by atoms with Crippen LogP contribution in [0.15, 0.2) is 12.2 Å². The number of hydrogen-bond donors (Lipinski definition) is 1. The average molecular weight is 519 g/mol. The van der Waals surface area contributed by atoms with Crippen molar-refractivity contribution in [2.75, 3.05) is 13.2 Å². The standard InChI is InChI=1S/C27H50O7S/c1-3-5-7-8-9-10-11-12-13-14-15-16-17-18-19-20-21-23-34-27(29)25(35(30,31)32)24-26(28)33-22-6-4-2/h4,6,25H,3,5,7-24H2,1-2H3,(H,30,31,32)/b6-4+. The van der Waals surface area contributed by atoms with Gasteiger partial charge in [0.2, 0.25) is 0 Å². The molecule has 0 aliphatic carbocycles. The van der Waals surface area contributed by atoms with Crippen molar-refractivity contribution in [3.8, 4) is 0 Å². The van der Waals surface area contributed by atoms with E-state index < -0.39 is 33.7 Å². The van der Waals surface area contributed by atoms with E-state index in [1.165, 1.54) is 83.5 Å². The SMILES string of the molecule is C/C=C/COC(=O)CC(C(=O)OCCCCCCCCCCCCCCCCCCC)S(=O)(=O)O. The summed E-state index contributed by atoms with van der Waals surface area (Å²) in [6.07, 6.45) is 23.6. The van der Waals surface area contributed by atoms with E-state index in [0.29, 0.717) is 6.42 Å². The van der Waals surface area contributed by atoms with Crippen LogP contribution in [0.1, 0.15) is 129 Å². The lowest BCUT2D eigenvalue weighted by atomic mass is 10.0. The Balaban J connectivity index is 3.69. The molecule has 0 radical (unpaired) electrons. The van der Waals surface area contributed by atoms with Gasteiger partial charge in [0.1, 0.15) is 6.61 Å². The highest BCUT2D eigenvalue weighted by atomic mass is 32.2. The maximum atomic E-state index is 12.0. The summed E-state index contributed by atoms with van der Waals surface area (Å²) in [7, 11) is -4.76. The second-order valence-electron chi connectivity index (χ2n) is 9.28. The predicted octanol–water partition coefficient (Wildman–Crippen LogP) is 6.95. The Morgan fingerprint density at radius 3 is 1.57 bits per heavy atom. The molecule has 0 aromatic rings. The second-order valence-corrected chi connectivity index (χ2v) is 10.9. The first kappa shape index (κ1) is 33.6. The van der Waals surface area contributed by atoms with Crippen LogP contribution in [0.25, 0.3) is 0 Å². The van der Waals surface area contributed by atoms with E-state index in [2.05, 4.69) is 6.92 Å². The van der Waals surface area contributed by atoms with Gasteiger partial charge >= 0.3 is 11.9 Å². The summed E-state index contributed by atoms with van der Waals surface area (Å²) in [5.74, 6) is -2.01. The Bertz CT molecular complexity index is 658. The summed E-state index contributed by atoms with van der Waals surface area (Å²) in [5.41, 5.74) is 0. The topological polar surface area (TPSA) is 107 Å². The maximum Gasteiger partial charge on any atom is 0.327 e. The van der Waals surface area contributed by atoms with E-state index in [9.17, 15) is 22.6 Å². The Morgan fingerprint density at radius 2 is 1.17 bits per heavy atom.